The van der Waals surface area contributed by atoms with Crippen LogP contribution >= 0.6 is 0 Å². The van der Waals surface area contributed by atoms with E-state index in [2.05, 4.69) is 0 Å². The molecule has 0 aliphatic carbocycles. The maximum absolute atomic E-state index is 13.2. The van der Waals surface area contributed by atoms with E-state index in [-0.39, 0.29) is 24.3 Å². The van der Waals surface area contributed by atoms with Crippen molar-refractivity contribution in [2.24, 2.45) is 5.92 Å². The summed E-state index contributed by atoms with van der Waals surface area (Å²) >= 11 is 0. The molecule has 2 unspecified atom stereocenters. The van der Waals surface area contributed by atoms with E-state index in [1.165, 1.54) is 0 Å². The van der Waals surface area contributed by atoms with Crippen molar-refractivity contribution >= 4 is 17.8 Å². The fourth-order valence-electron chi connectivity index (χ4n) is 4.37. The summed E-state index contributed by atoms with van der Waals surface area (Å²) in [4.78, 5) is 41.2. The number of piperidine rings is 1. The van der Waals surface area contributed by atoms with Gasteiger partial charge in [0, 0.05) is 31.7 Å². The largest absolute Gasteiger partial charge is 0.481 e. The number of aliphatic carboxylic acids is 1. The third-order valence-corrected chi connectivity index (χ3v) is 5.88. The van der Waals surface area contributed by atoms with Crippen LogP contribution in [0, 0.1) is 5.92 Å². The summed E-state index contributed by atoms with van der Waals surface area (Å²) in [6.45, 7) is 1.61. The number of hydrogen-bond acceptors (Lipinski definition) is 3. The molecule has 2 atom stereocenters. The van der Waals surface area contributed by atoms with Crippen LogP contribution in [0.4, 0.5) is 0 Å². The maximum Gasteiger partial charge on any atom is 0.312 e. The number of carboxylic acid groups (broad SMARTS) is 1. The summed E-state index contributed by atoms with van der Waals surface area (Å²) < 4.78 is 0. The number of hydrogen-bond donors (Lipinski definition) is 1. The standard InChI is InChI=1S/C23H24N2O4/c26-21(16-7-2-1-3-8-16)24-12-6-10-18(14-24)22(27)25-13-17-9-4-5-11-19(17)20(15-25)23(28)29/h1-5,7-9,11,18,20H,6,10,12-15H2,(H,28,29). The fraction of sp³-hybridized carbons (Fsp3) is 0.348. The monoisotopic (exact) mass is 392 g/mol. The zero-order chi connectivity index (χ0) is 20.4. The minimum Gasteiger partial charge on any atom is -0.481 e. The van der Waals surface area contributed by atoms with Crippen LogP contribution in [0.5, 0.6) is 0 Å². The Kier molecular flexibility index (Phi) is 5.34. The summed E-state index contributed by atoms with van der Waals surface area (Å²) in [5.41, 5.74) is 2.29. The van der Waals surface area contributed by atoms with Crippen LogP contribution in [0.3, 0.4) is 0 Å². The van der Waals surface area contributed by atoms with Gasteiger partial charge in [0.25, 0.3) is 5.91 Å². The van der Waals surface area contributed by atoms with E-state index in [0.29, 0.717) is 31.6 Å². The van der Waals surface area contributed by atoms with Gasteiger partial charge in [0.15, 0.2) is 0 Å². The Labute approximate surface area is 169 Å². The predicted octanol–water partition coefficient (Wildman–Crippen LogP) is 2.75. The van der Waals surface area contributed by atoms with Crippen LogP contribution in [0.1, 0.15) is 40.2 Å². The average molecular weight is 392 g/mol. The molecule has 1 saturated heterocycles. The number of carbonyl (C=O) groups excluding carboxylic acids is 2. The highest BCUT2D eigenvalue weighted by Crippen LogP contribution is 2.31. The lowest BCUT2D eigenvalue weighted by atomic mass is 9.88. The van der Waals surface area contributed by atoms with Gasteiger partial charge in [0.1, 0.15) is 0 Å². The van der Waals surface area contributed by atoms with Crippen molar-refractivity contribution < 1.29 is 19.5 Å². The van der Waals surface area contributed by atoms with E-state index < -0.39 is 11.9 Å². The molecule has 2 aromatic carbocycles. The molecule has 6 nitrogen and oxygen atoms in total. The van der Waals surface area contributed by atoms with Crippen LogP contribution in [-0.2, 0) is 16.1 Å². The van der Waals surface area contributed by atoms with E-state index in [1.54, 1.807) is 21.9 Å². The molecule has 0 saturated carbocycles. The van der Waals surface area contributed by atoms with Gasteiger partial charge in [-0.1, -0.05) is 42.5 Å². The summed E-state index contributed by atoms with van der Waals surface area (Å²) in [5, 5.41) is 9.64. The number of carboxylic acids is 1. The molecule has 1 fully saturated rings. The minimum absolute atomic E-state index is 0.0590. The third-order valence-electron chi connectivity index (χ3n) is 5.88. The lowest BCUT2D eigenvalue weighted by Gasteiger charge is -2.38. The first kappa shape index (κ1) is 19.2. The number of nitrogens with zero attached hydrogens (tertiary/aromatic N) is 2. The molecule has 0 aromatic heterocycles. The molecule has 4 rings (SSSR count). The second-order valence-electron chi connectivity index (χ2n) is 7.76. The first-order chi connectivity index (χ1) is 14.0. The second kappa shape index (κ2) is 8.07. The van der Waals surface area contributed by atoms with Gasteiger partial charge in [0.2, 0.25) is 5.91 Å². The minimum atomic E-state index is -0.917. The average Bonchev–Trinajstić information content (AvgIpc) is 2.77. The van der Waals surface area contributed by atoms with Crippen molar-refractivity contribution in [3.8, 4) is 0 Å². The van der Waals surface area contributed by atoms with Crippen molar-refractivity contribution in [2.75, 3.05) is 19.6 Å². The molecule has 0 spiro atoms. The highest BCUT2D eigenvalue weighted by molar-refractivity contribution is 5.94. The van der Waals surface area contributed by atoms with Crippen LogP contribution in [0.15, 0.2) is 54.6 Å². The highest BCUT2D eigenvalue weighted by atomic mass is 16.4. The van der Waals surface area contributed by atoms with Gasteiger partial charge >= 0.3 is 5.97 Å². The zero-order valence-corrected chi connectivity index (χ0v) is 16.2. The number of rotatable bonds is 3. The molecule has 29 heavy (non-hydrogen) atoms. The summed E-state index contributed by atoms with van der Waals surface area (Å²) in [6, 6.07) is 16.5. The lowest BCUT2D eigenvalue weighted by molar-refractivity contribution is -0.143. The molecule has 2 amide bonds. The summed E-state index contributed by atoms with van der Waals surface area (Å²) in [7, 11) is 0. The molecular weight excluding hydrogens is 368 g/mol. The fourth-order valence-corrected chi connectivity index (χ4v) is 4.37. The maximum atomic E-state index is 13.2. The van der Waals surface area contributed by atoms with Crippen LogP contribution in [-0.4, -0.2) is 52.3 Å². The van der Waals surface area contributed by atoms with Crippen molar-refractivity contribution in [1.82, 2.24) is 9.80 Å². The first-order valence-electron chi connectivity index (χ1n) is 9.98. The normalized spacial score (nSPS) is 21.4. The topological polar surface area (TPSA) is 77.9 Å². The molecule has 0 radical (unpaired) electrons. The molecular formula is C23H24N2O4. The molecule has 2 aliphatic heterocycles. The van der Waals surface area contributed by atoms with E-state index in [9.17, 15) is 19.5 Å². The van der Waals surface area contributed by atoms with Crippen molar-refractivity contribution in [3.63, 3.8) is 0 Å². The Morgan fingerprint density at radius 1 is 0.897 bits per heavy atom. The van der Waals surface area contributed by atoms with Gasteiger partial charge in [-0.05, 0) is 36.1 Å². The summed E-state index contributed by atoms with van der Waals surface area (Å²) in [6.07, 6.45) is 1.48. The molecule has 2 heterocycles. The van der Waals surface area contributed by atoms with E-state index in [0.717, 1.165) is 17.5 Å². The van der Waals surface area contributed by atoms with Gasteiger partial charge in [-0.2, -0.15) is 0 Å². The van der Waals surface area contributed by atoms with Crippen molar-refractivity contribution in [3.05, 3.63) is 71.3 Å². The van der Waals surface area contributed by atoms with Gasteiger partial charge < -0.3 is 14.9 Å². The van der Waals surface area contributed by atoms with E-state index in [1.807, 2.05) is 42.5 Å². The third kappa shape index (κ3) is 3.88. The van der Waals surface area contributed by atoms with Crippen LogP contribution in [0.25, 0.3) is 0 Å². The first-order valence-corrected chi connectivity index (χ1v) is 9.98. The van der Waals surface area contributed by atoms with Gasteiger partial charge in [0.05, 0.1) is 11.8 Å². The number of carbonyl (C=O) groups is 3. The van der Waals surface area contributed by atoms with Gasteiger partial charge in [-0.15, -0.1) is 0 Å². The number of amides is 2. The van der Waals surface area contributed by atoms with Crippen LogP contribution < -0.4 is 0 Å². The smallest absolute Gasteiger partial charge is 0.312 e. The Hall–Kier alpha value is -3.15. The Bertz CT molecular complexity index is 927. The Balaban J connectivity index is 1.49. The molecule has 1 N–H and O–H groups in total. The van der Waals surface area contributed by atoms with Gasteiger partial charge in [-0.25, -0.2) is 0 Å². The van der Waals surface area contributed by atoms with Crippen molar-refractivity contribution in [2.45, 2.75) is 25.3 Å². The summed E-state index contributed by atoms with van der Waals surface area (Å²) in [5.74, 6) is -2.04. The van der Waals surface area contributed by atoms with E-state index in [4.69, 9.17) is 0 Å². The highest BCUT2D eigenvalue weighted by Gasteiger charge is 2.37. The van der Waals surface area contributed by atoms with Crippen molar-refractivity contribution in [1.29, 1.82) is 0 Å². The number of fused-ring (bicyclic) bond motifs is 1. The molecule has 2 aliphatic rings. The van der Waals surface area contributed by atoms with Crippen LogP contribution in [0.2, 0.25) is 0 Å². The van der Waals surface area contributed by atoms with Gasteiger partial charge in [-0.3, -0.25) is 14.4 Å². The molecule has 150 valence electrons. The van der Waals surface area contributed by atoms with E-state index >= 15 is 0 Å². The molecule has 2 aromatic rings. The predicted molar refractivity (Wildman–Crippen MR) is 107 cm³/mol. The second-order valence-corrected chi connectivity index (χ2v) is 7.76. The Morgan fingerprint density at radius 3 is 2.38 bits per heavy atom. The molecule has 0 bridgehead atoms. The number of benzene rings is 2. The lowest BCUT2D eigenvalue weighted by Crippen LogP contribution is -2.49. The quantitative estimate of drug-likeness (QED) is 0.871. The SMILES string of the molecule is O=C(O)C1CN(C(=O)C2CCCN(C(=O)c3ccccc3)C2)Cc2ccccc21. The number of likely N-dealkylation sites (tertiary alicyclic amines) is 1. The molecule has 6 heteroatoms. The Morgan fingerprint density at radius 2 is 1.62 bits per heavy atom. The zero-order valence-electron chi connectivity index (χ0n) is 16.2.